The lowest BCUT2D eigenvalue weighted by Gasteiger charge is -1.97. The molecule has 12 heavy (non-hydrogen) atoms. The van der Waals surface area contributed by atoms with Crippen LogP contribution in [-0.2, 0) is 13.6 Å². The highest BCUT2D eigenvalue weighted by Crippen LogP contribution is 1.92. The minimum atomic E-state index is -0.0435. The zero-order valence-corrected chi connectivity index (χ0v) is 6.60. The molecule has 0 aliphatic heterocycles. The van der Waals surface area contributed by atoms with Crippen molar-refractivity contribution in [3.8, 4) is 0 Å². The van der Waals surface area contributed by atoms with Gasteiger partial charge in [-0.1, -0.05) is 0 Å². The van der Waals surface area contributed by atoms with E-state index in [1.807, 2.05) is 0 Å². The zero-order chi connectivity index (χ0) is 8.97. The van der Waals surface area contributed by atoms with E-state index >= 15 is 0 Å². The van der Waals surface area contributed by atoms with Gasteiger partial charge in [-0.15, -0.1) is 10.2 Å². The van der Waals surface area contributed by atoms with Crippen molar-refractivity contribution in [2.24, 2.45) is 17.8 Å². The molecule has 1 aromatic rings. The fraction of sp³-hybridized carbons (Fsp3) is 0.400. The molecule has 0 aliphatic rings. The van der Waals surface area contributed by atoms with Gasteiger partial charge in [0.15, 0.2) is 5.82 Å². The van der Waals surface area contributed by atoms with Gasteiger partial charge < -0.3 is 10.3 Å². The Labute approximate surface area is 68.9 Å². The Hall–Kier alpha value is -1.63. The standard InChI is InChI=1S/C5H10N6O/c1-11-3-8-9-4(11)2-7-5(6)10-12/h3,12H,2H2,1H3,(H3,6,7,10). The number of nitrogens with zero attached hydrogens (tertiary/aromatic N) is 4. The number of hydrogen-bond donors (Lipinski definition) is 3. The van der Waals surface area contributed by atoms with Crippen LogP contribution in [-0.4, -0.2) is 25.9 Å². The summed E-state index contributed by atoms with van der Waals surface area (Å²) in [5.41, 5.74) is 6.89. The number of aryl methyl sites for hydroxylation is 1. The highest BCUT2D eigenvalue weighted by Gasteiger charge is 1.97. The lowest BCUT2D eigenvalue weighted by molar-refractivity contribution is 0.232. The first kappa shape index (κ1) is 8.47. The summed E-state index contributed by atoms with van der Waals surface area (Å²) in [6, 6.07) is 0. The summed E-state index contributed by atoms with van der Waals surface area (Å²) in [5.74, 6) is 0.631. The van der Waals surface area contributed by atoms with Crippen LogP contribution in [0.3, 0.4) is 0 Å². The van der Waals surface area contributed by atoms with Crippen LogP contribution in [0.15, 0.2) is 11.3 Å². The third-order valence-corrected chi connectivity index (χ3v) is 1.31. The average Bonchev–Trinajstić information content (AvgIpc) is 2.47. The summed E-state index contributed by atoms with van der Waals surface area (Å²) < 4.78 is 1.72. The molecule has 0 bridgehead atoms. The highest BCUT2D eigenvalue weighted by atomic mass is 16.5. The van der Waals surface area contributed by atoms with Gasteiger partial charge in [0, 0.05) is 7.05 Å². The molecule has 0 saturated carbocycles. The maximum atomic E-state index is 8.28. The van der Waals surface area contributed by atoms with Gasteiger partial charge in [-0.05, 0) is 0 Å². The van der Waals surface area contributed by atoms with Crippen molar-refractivity contribution >= 4 is 5.96 Å². The van der Waals surface area contributed by atoms with Crippen LogP contribution in [0.25, 0.3) is 0 Å². The Bertz CT molecular complexity index is 279. The quantitative estimate of drug-likeness (QED) is 0.288. The molecule has 0 atom stereocenters. The molecule has 4 N–H and O–H groups in total. The summed E-state index contributed by atoms with van der Waals surface area (Å²) in [4.78, 5) is 3.76. The van der Waals surface area contributed by atoms with E-state index in [9.17, 15) is 0 Å². The molecule has 1 heterocycles. The lowest BCUT2D eigenvalue weighted by atomic mass is 10.6. The van der Waals surface area contributed by atoms with E-state index in [1.165, 1.54) is 0 Å². The van der Waals surface area contributed by atoms with Crippen LogP contribution >= 0.6 is 0 Å². The van der Waals surface area contributed by atoms with Crippen molar-refractivity contribution in [3.05, 3.63) is 12.2 Å². The molecule has 0 spiro atoms. The normalized spacial score (nSPS) is 11.7. The fourth-order valence-corrected chi connectivity index (χ4v) is 0.642. The van der Waals surface area contributed by atoms with Gasteiger partial charge in [-0.25, -0.2) is 10.5 Å². The third-order valence-electron chi connectivity index (χ3n) is 1.31. The first-order valence-electron chi connectivity index (χ1n) is 3.27. The van der Waals surface area contributed by atoms with Crippen molar-refractivity contribution in [2.75, 3.05) is 0 Å². The van der Waals surface area contributed by atoms with E-state index in [-0.39, 0.29) is 12.5 Å². The van der Waals surface area contributed by atoms with Gasteiger partial charge >= 0.3 is 0 Å². The molecule has 1 rings (SSSR count). The summed E-state index contributed by atoms with van der Waals surface area (Å²) >= 11 is 0. The molecule has 0 amide bonds. The summed E-state index contributed by atoms with van der Waals surface area (Å²) in [6.45, 7) is 0.288. The third kappa shape index (κ3) is 1.92. The monoisotopic (exact) mass is 170 g/mol. The van der Waals surface area contributed by atoms with Crippen LogP contribution in [0.4, 0.5) is 0 Å². The average molecular weight is 170 g/mol. The molecule has 1 aromatic heterocycles. The molecule has 0 aromatic carbocycles. The predicted octanol–water partition coefficient (Wildman–Crippen LogP) is -1.39. The summed E-state index contributed by atoms with van der Waals surface area (Å²) in [6.07, 6.45) is 1.56. The van der Waals surface area contributed by atoms with Gasteiger partial charge in [0.25, 0.3) is 0 Å². The smallest absolute Gasteiger partial charge is 0.213 e. The maximum absolute atomic E-state index is 8.28. The second-order valence-electron chi connectivity index (χ2n) is 2.17. The number of hydrogen-bond acceptors (Lipinski definition) is 4. The first-order valence-corrected chi connectivity index (χ1v) is 3.27. The van der Waals surface area contributed by atoms with Crippen molar-refractivity contribution < 1.29 is 5.21 Å². The molecule has 7 heteroatoms. The predicted molar refractivity (Wildman–Crippen MR) is 41.3 cm³/mol. The van der Waals surface area contributed by atoms with Gasteiger partial charge in [-0.3, -0.25) is 5.21 Å². The second-order valence-corrected chi connectivity index (χ2v) is 2.17. The van der Waals surface area contributed by atoms with Crippen molar-refractivity contribution in [1.82, 2.24) is 20.2 Å². The maximum Gasteiger partial charge on any atom is 0.213 e. The van der Waals surface area contributed by atoms with Crippen molar-refractivity contribution in [2.45, 2.75) is 6.54 Å². The Morgan fingerprint density at radius 1 is 1.92 bits per heavy atom. The SMILES string of the molecule is Cn1cnnc1CN=C(N)NO. The van der Waals surface area contributed by atoms with Gasteiger partial charge in [-0.2, -0.15) is 0 Å². The highest BCUT2D eigenvalue weighted by molar-refractivity contribution is 5.76. The molecule has 66 valence electrons. The number of nitrogens with one attached hydrogen (secondary N) is 1. The number of guanidine groups is 1. The summed E-state index contributed by atoms with van der Waals surface area (Å²) in [5, 5.41) is 15.7. The van der Waals surface area contributed by atoms with E-state index in [4.69, 9.17) is 10.9 Å². The minimum Gasteiger partial charge on any atom is -0.368 e. The van der Waals surface area contributed by atoms with E-state index in [0.717, 1.165) is 0 Å². The van der Waals surface area contributed by atoms with Gasteiger partial charge in [0.2, 0.25) is 5.96 Å². The van der Waals surface area contributed by atoms with Crippen LogP contribution in [0, 0.1) is 0 Å². The number of rotatable bonds is 2. The number of hydroxylamine groups is 1. The van der Waals surface area contributed by atoms with E-state index in [0.29, 0.717) is 5.82 Å². The van der Waals surface area contributed by atoms with Crippen LogP contribution < -0.4 is 11.2 Å². The largest absolute Gasteiger partial charge is 0.368 e. The number of aromatic nitrogens is 3. The van der Waals surface area contributed by atoms with Crippen molar-refractivity contribution in [1.29, 1.82) is 0 Å². The molecule has 0 saturated heterocycles. The van der Waals surface area contributed by atoms with Crippen LogP contribution in [0.5, 0.6) is 0 Å². The Morgan fingerprint density at radius 3 is 3.17 bits per heavy atom. The molecular weight excluding hydrogens is 160 g/mol. The molecule has 0 radical (unpaired) electrons. The summed E-state index contributed by atoms with van der Waals surface area (Å²) in [7, 11) is 1.80. The van der Waals surface area contributed by atoms with Crippen LogP contribution in [0.2, 0.25) is 0 Å². The number of nitrogens with two attached hydrogens (primary N) is 1. The van der Waals surface area contributed by atoms with Gasteiger partial charge in [0.05, 0.1) is 0 Å². The molecule has 0 unspecified atom stereocenters. The lowest BCUT2D eigenvalue weighted by Crippen LogP contribution is -2.28. The first-order chi connectivity index (χ1) is 5.74. The van der Waals surface area contributed by atoms with Crippen LogP contribution in [0.1, 0.15) is 5.82 Å². The fourth-order valence-electron chi connectivity index (χ4n) is 0.642. The Kier molecular flexibility index (Phi) is 2.59. The topological polar surface area (TPSA) is 101 Å². The Balaban J connectivity index is 2.59. The molecule has 0 aliphatic carbocycles. The molecular formula is C5H10N6O. The van der Waals surface area contributed by atoms with E-state index < -0.39 is 0 Å². The molecule has 0 fully saturated rings. The van der Waals surface area contributed by atoms with E-state index in [2.05, 4.69) is 15.2 Å². The van der Waals surface area contributed by atoms with Gasteiger partial charge in [0.1, 0.15) is 12.9 Å². The molecule has 7 nitrogen and oxygen atoms in total. The minimum absolute atomic E-state index is 0.0435. The number of aliphatic imine (C=N–C) groups is 1. The van der Waals surface area contributed by atoms with E-state index in [1.54, 1.807) is 23.4 Å². The Morgan fingerprint density at radius 2 is 2.67 bits per heavy atom. The zero-order valence-electron chi connectivity index (χ0n) is 6.60. The van der Waals surface area contributed by atoms with Crippen molar-refractivity contribution in [3.63, 3.8) is 0 Å². The second kappa shape index (κ2) is 3.67.